The predicted octanol–water partition coefficient (Wildman–Crippen LogP) is 2.83. The molecule has 1 aromatic carbocycles. The Balaban J connectivity index is 1.72. The highest BCUT2D eigenvalue weighted by atomic mass is 19.4. The van der Waals surface area contributed by atoms with Gasteiger partial charge < -0.3 is 9.80 Å². The van der Waals surface area contributed by atoms with Crippen molar-refractivity contribution < 1.29 is 17.6 Å². The summed E-state index contributed by atoms with van der Waals surface area (Å²) in [6, 6.07) is 6.79. The van der Waals surface area contributed by atoms with E-state index in [1.54, 1.807) is 11.0 Å². The van der Waals surface area contributed by atoms with E-state index < -0.39 is 17.7 Å². The van der Waals surface area contributed by atoms with Crippen molar-refractivity contribution in [2.24, 2.45) is 0 Å². The lowest BCUT2D eigenvalue weighted by molar-refractivity contribution is -0.141. The maximum atomic E-state index is 13.6. The van der Waals surface area contributed by atoms with E-state index in [2.05, 4.69) is 9.97 Å². The number of halogens is 4. The zero-order valence-electron chi connectivity index (χ0n) is 13.0. The first kappa shape index (κ1) is 17.0. The summed E-state index contributed by atoms with van der Waals surface area (Å²) in [5.74, 6) is -0.482. The molecule has 0 bridgehead atoms. The summed E-state index contributed by atoms with van der Waals surface area (Å²) in [7, 11) is 0. The molecule has 9 heteroatoms. The molecule has 1 aliphatic heterocycles. The van der Waals surface area contributed by atoms with Crippen LogP contribution in [-0.4, -0.2) is 36.1 Å². The smallest absolute Gasteiger partial charge is 0.368 e. The van der Waals surface area contributed by atoms with E-state index in [1.807, 2.05) is 11.0 Å². The SMILES string of the molecule is N#Cc1cc(F)cc(N2CCN(c3nccc(C(F)(F)F)n3)CC2)c1. The molecule has 1 fully saturated rings. The number of piperazine rings is 1. The summed E-state index contributed by atoms with van der Waals surface area (Å²) < 4.78 is 51.8. The standard InChI is InChI=1S/C16H13F4N5/c17-12-7-11(10-21)8-13(9-12)24-3-5-25(6-4-24)15-22-2-1-14(23-15)16(18,19)20/h1-2,7-9H,3-6H2. The third-order valence-electron chi connectivity index (χ3n) is 3.87. The van der Waals surface area contributed by atoms with Crippen LogP contribution in [0.4, 0.5) is 29.2 Å². The van der Waals surface area contributed by atoms with E-state index in [1.165, 1.54) is 6.07 Å². The first-order valence-electron chi connectivity index (χ1n) is 7.47. The third kappa shape index (κ3) is 3.79. The Morgan fingerprint density at radius 2 is 1.72 bits per heavy atom. The molecule has 0 atom stereocenters. The lowest BCUT2D eigenvalue weighted by atomic mass is 10.2. The monoisotopic (exact) mass is 351 g/mol. The van der Waals surface area contributed by atoms with Crippen molar-refractivity contribution in [2.75, 3.05) is 36.0 Å². The Morgan fingerprint density at radius 1 is 1.04 bits per heavy atom. The molecular formula is C16H13F4N5. The Labute approximate surface area is 141 Å². The van der Waals surface area contributed by atoms with Gasteiger partial charge in [0, 0.05) is 38.1 Å². The van der Waals surface area contributed by atoms with Gasteiger partial charge in [-0.2, -0.15) is 18.4 Å². The lowest BCUT2D eigenvalue weighted by Crippen LogP contribution is -2.47. The zero-order chi connectivity index (χ0) is 18.0. The fourth-order valence-electron chi connectivity index (χ4n) is 2.64. The van der Waals surface area contributed by atoms with Gasteiger partial charge in [-0.3, -0.25) is 0 Å². The van der Waals surface area contributed by atoms with Gasteiger partial charge in [-0.25, -0.2) is 14.4 Å². The van der Waals surface area contributed by atoms with Crippen LogP contribution in [0.1, 0.15) is 11.3 Å². The number of hydrogen-bond acceptors (Lipinski definition) is 5. The van der Waals surface area contributed by atoms with E-state index in [0.717, 1.165) is 18.3 Å². The van der Waals surface area contributed by atoms with Crippen LogP contribution in [0.5, 0.6) is 0 Å². The summed E-state index contributed by atoms with van der Waals surface area (Å²) in [4.78, 5) is 11.0. The van der Waals surface area contributed by atoms with E-state index in [-0.39, 0.29) is 11.5 Å². The Bertz CT molecular complexity index is 807. The van der Waals surface area contributed by atoms with Gasteiger partial charge in [-0.1, -0.05) is 0 Å². The molecule has 1 aliphatic rings. The van der Waals surface area contributed by atoms with E-state index in [0.29, 0.717) is 31.9 Å². The molecule has 1 aromatic heterocycles. The number of hydrogen-bond donors (Lipinski definition) is 0. The second-order valence-electron chi connectivity index (χ2n) is 5.52. The molecule has 0 radical (unpaired) electrons. The molecule has 1 saturated heterocycles. The van der Waals surface area contributed by atoms with E-state index in [4.69, 9.17) is 5.26 Å². The molecule has 25 heavy (non-hydrogen) atoms. The molecular weight excluding hydrogens is 338 g/mol. The summed E-state index contributed by atoms with van der Waals surface area (Å²) in [6.07, 6.45) is -3.43. The van der Waals surface area contributed by atoms with Crippen LogP contribution in [0, 0.1) is 17.1 Å². The van der Waals surface area contributed by atoms with E-state index >= 15 is 0 Å². The molecule has 130 valence electrons. The fraction of sp³-hybridized carbons (Fsp3) is 0.312. The van der Waals surface area contributed by atoms with Crippen LogP contribution >= 0.6 is 0 Å². The third-order valence-corrected chi connectivity index (χ3v) is 3.87. The van der Waals surface area contributed by atoms with Crippen molar-refractivity contribution in [3.63, 3.8) is 0 Å². The summed E-state index contributed by atoms with van der Waals surface area (Å²) >= 11 is 0. The predicted molar refractivity (Wildman–Crippen MR) is 82.6 cm³/mol. The molecule has 0 N–H and O–H groups in total. The zero-order valence-corrected chi connectivity index (χ0v) is 13.0. The van der Waals surface area contributed by atoms with Crippen LogP contribution in [0.3, 0.4) is 0 Å². The number of aromatic nitrogens is 2. The average molecular weight is 351 g/mol. The minimum atomic E-state index is -4.52. The lowest BCUT2D eigenvalue weighted by Gasteiger charge is -2.36. The Hall–Kier alpha value is -2.89. The highest BCUT2D eigenvalue weighted by Crippen LogP contribution is 2.28. The molecule has 0 saturated carbocycles. The van der Waals surface area contributed by atoms with Gasteiger partial charge in [-0.05, 0) is 24.3 Å². The van der Waals surface area contributed by atoms with Gasteiger partial charge in [0.2, 0.25) is 5.95 Å². The van der Waals surface area contributed by atoms with Crippen LogP contribution < -0.4 is 9.80 Å². The molecule has 5 nitrogen and oxygen atoms in total. The fourth-order valence-corrected chi connectivity index (χ4v) is 2.64. The average Bonchev–Trinajstić information content (AvgIpc) is 2.60. The van der Waals surface area contributed by atoms with Crippen LogP contribution in [-0.2, 0) is 6.18 Å². The number of rotatable bonds is 2. The first-order valence-corrected chi connectivity index (χ1v) is 7.47. The summed E-state index contributed by atoms with van der Waals surface area (Å²) in [5.41, 5.74) is -0.191. The van der Waals surface area contributed by atoms with Gasteiger partial charge in [0.15, 0.2) is 0 Å². The highest BCUT2D eigenvalue weighted by Gasteiger charge is 2.33. The largest absolute Gasteiger partial charge is 0.433 e. The maximum absolute atomic E-state index is 13.6. The van der Waals surface area contributed by atoms with Gasteiger partial charge in [0.05, 0.1) is 11.6 Å². The van der Waals surface area contributed by atoms with Crippen LogP contribution in [0.25, 0.3) is 0 Å². The summed E-state index contributed by atoms with van der Waals surface area (Å²) in [6.45, 7) is 1.68. The molecule has 2 heterocycles. The van der Waals surface area contributed by atoms with Gasteiger partial charge in [0.25, 0.3) is 0 Å². The Morgan fingerprint density at radius 3 is 2.36 bits per heavy atom. The van der Waals surface area contributed by atoms with Crippen LogP contribution in [0.2, 0.25) is 0 Å². The first-order chi connectivity index (χ1) is 11.9. The second kappa shape index (κ2) is 6.55. The van der Waals surface area contributed by atoms with Gasteiger partial charge >= 0.3 is 6.18 Å². The number of nitrogens with zero attached hydrogens (tertiary/aromatic N) is 5. The van der Waals surface area contributed by atoms with Crippen LogP contribution in [0.15, 0.2) is 30.5 Å². The maximum Gasteiger partial charge on any atom is 0.433 e. The van der Waals surface area contributed by atoms with Crippen molar-refractivity contribution in [1.29, 1.82) is 5.26 Å². The highest BCUT2D eigenvalue weighted by molar-refractivity contribution is 5.53. The normalized spacial score (nSPS) is 15.2. The number of nitriles is 1. The minimum absolute atomic E-state index is 0.0198. The molecule has 0 aliphatic carbocycles. The number of benzene rings is 1. The van der Waals surface area contributed by atoms with Crippen molar-refractivity contribution in [1.82, 2.24) is 9.97 Å². The van der Waals surface area contributed by atoms with Gasteiger partial charge in [-0.15, -0.1) is 0 Å². The number of anilines is 2. The molecule has 3 rings (SSSR count). The van der Waals surface area contributed by atoms with E-state index in [9.17, 15) is 17.6 Å². The quantitative estimate of drug-likeness (QED) is 0.779. The molecule has 0 spiro atoms. The molecule has 2 aromatic rings. The Kier molecular flexibility index (Phi) is 4.44. The van der Waals surface area contributed by atoms with Crippen molar-refractivity contribution in [3.05, 3.63) is 47.5 Å². The number of alkyl halides is 3. The second-order valence-corrected chi connectivity index (χ2v) is 5.52. The molecule has 0 amide bonds. The van der Waals surface area contributed by atoms with Crippen molar-refractivity contribution in [2.45, 2.75) is 6.18 Å². The van der Waals surface area contributed by atoms with Crippen molar-refractivity contribution in [3.8, 4) is 6.07 Å². The molecule has 0 unspecified atom stereocenters. The van der Waals surface area contributed by atoms with Gasteiger partial charge in [0.1, 0.15) is 11.5 Å². The van der Waals surface area contributed by atoms with Crippen molar-refractivity contribution >= 4 is 11.6 Å². The summed E-state index contributed by atoms with van der Waals surface area (Å²) in [5, 5.41) is 8.92. The topological polar surface area (TPSA) is 56.1 Å². The minimum Gasteiger partial charge on any atom is -0.368 e.